The van der Waals surface area contributed by atoms with E-state index in [2.05, 4.69) is 6.92 Å². The molecule has 20 heavy (non-hydrogen) atoms. The van der Waals surface area contributed by atoms with E-state index in [0.717, 1.165) is 45.1 Å². The maximum atomic E-state index is 11.1. The summed E-state index contributed by atoms with van der Waals surface area (Å²) in [5.41, 5.74) is 0. The molecule has 0 spiro atoms. The first kappa shape index (κ1) is 17.2. The van der Waals surface area contributed by atoms with E-state index in [4.69, 9.17) is 14.2 Å². The van der Waals surface area contributed by atoms with Crippen molar-refractivity contribution in [3.8, 4) is 0 Å². The Morgan fingerprint density at radius 3 is 2.95 bits per heavy atom. The van der Waals surface area contributed by atoms with Crippen LogP contribution < -0.4 is 0 Å². The summed E-state index contributed by atoms with van der Waals surface area (Å²) in [5, 5.41) is 0. The quantitative estimate of drug-likeness (QED) is 0.369. The van der Waals surface area contributed by atoms with Gasteiger partial charge < -0.3 is 14.2 Å². The van der Waals surface area contributed by atoms with Gasteiger partial charge in [-0.2, -0.15) is 0 Å². The first-order chi connectivity index (χ1) is 9.72. The van der Waals surface area contributed by atoms with Crippen LogP contribution in [-0.2, 0) is 19.0 Å². The maximum Gasteiger partial charge on any atom is 0.330 e. The Hall–Kier alpha value is -0.870. The molecule has 0 aromatic rings. The molecule has 0 saturated carbocycles. The van der Waals surface area contributed by atoms with Crippen LogP contribution in [0.15, 0.2) is 12.2 Å². The molecule has 1 heterocycles. The fourth-order valence-electron chi connectivity index (χ4n) is 2.21. The van der Waals surface area contributed by atoms with Gasteiger partial charge in [0.15, 0.2) is 6.29 Å². The SMILES string of the molecule is CCOC(=O)/C=C/CCCC[C@@H](C)OC1CCCCO1. The van der Waals surface area contributed by atoms with Gasteiger partial charge >= 0.3 is 5.97 Å². The molecular formula is C16H28O4. The van der Waals surface area contributed by atoms with E-state index in [9.17, 15) is 4.79 Å². The maximum absolute atomic E-state index is 11.1. The van der Waals surface area contributed by atoms with Crippen molar-refractivity contribution in [1.82, 2.24) is 0 Å². The molecule has 4 nitrogen and oxygen atoms in total. The molecule has 0 N–H and O–H groups in total. The van der Waals surface area contributed by atoms with Crippen LogP contribution in [0.2, 0.25) is 0 Å². The van der Waals surface area contributed by atoms with E-state index in [1.54, 1.807) is 0 Å². The van der Waals surface area contributed by atoms with Gasteiger partial charge in [0.25, 0.3) is 0 Å². The predicted octanol–water partition coefficient (Wildman–Crippen LogP) is 3.60. The van der Waals surface area contributed by atoms with Crippen molar-refractivity contribution in [2.45, 2.75) is 71.2 Å². The minimum Gasteiger partial charge on any atom is -0.463 e. The normalized spacial score (nSPS) is 21.0. The summed E-state index contributed by atoms with van der Waals surface area (Å²) in [7, 11) is 0. The fraction of sp³-hybridized carbons (Fsp3) is 0.812. The smallest absolute Gasteiger partial charge is 0.330 e. The van der Waals surface area contributed by atoms with Crippen molar-refractivity contribution >= 4 is 5.97 Å². The molecule has 1 saturated heterocycles. The standard InChI is InChI=1S/C16H28O4/c1-3-18-15(17)11-7-5-4-6-10-14(2)20-16-12-8-9-13-19-16/h7,11,14,16H,3-6,8-10,12-13H2,1-2H3/b11-7+/t14-,16?/m1/s1. The van der Waals surface area contributed by atoms with Crippen LogP contribution in [-0.4, -0.2) is 31.6 Å². The average molecular weight is 284 g/mol. The van der Waals surface area contributed by atoms with E-state index >= 15 is 0 Å². The molecule has 0 aromatic heterocycles. The zero-order valence-corrected chi connectivity index (χ0v) is 12.8. The molecule has 0 aliphatic carbocycles. The third-order valence-electron chi connectivity index (χ3n) is 3.29. The number of carbonyl (C=O) groups excluding carboxylic acids is 1. The number of ether oxygens (including phenoxy) is 3. The number of allylic oxidation sites excluding steroid dienone is 1. The highest BCUT2D eigenvalue weighted by Crippen LogP contribution is 2.17. The molecule has 0 aromatic carbocycles. The highest BCUT2D eigenvalue weighted by atomic mass is 16.7. The highest BCUT2D eigenvalue weighted by Gasteiger charge is 2.16. The van der Waals surface area contributed by atoms with Gasteiger partial charge in [0.1, 0.15) is 0 Å². The molecule has 1 aliphatic heterocycles. The van der Waals surface area contributed by atoms with E-state index in [0.29, 0.717) is 6.61 Å². The number of unbranched alkanes of at least 4 members (excludes halogenated alkanes) is 2. The summed E-state index contributed by atoms with van der Waals surface area (Å²) in [5.74, 6) is -0.251. The second-order valence-corrected chi connectivity index (χ2v) is 5.18. The van der Waals surface area contributed by atoms with Crippen molar-refractivity contribution < 1.29 is 19.0 Å². The van der Waals surface area contributed by atoms with Gasteiger partial charge in [0.2, 0.25) is 0 Å². The Labute approximate surface area is 122 Å². The molecule has 116 valence electrons. The lowest BCUT2D eigenvalue weighted by molar-refractivity contribution is -0.185. The van der Waals surface area contributed by atoms with E-state index < -0.39 is 0 Å². The lowest BCUT2D eigenvalue weighted by atomic mass is 10.1. The predicted molar refractivity (Wildman–Crippen MR) is 78.4 cm³/mol. The monoisotopic (exact) mass is 284 g/mol. The number of rotatable bonds is 9. The summed E-state index contributed by atoms with van der Waals surface area (Å²) in [4.78, 5) is 11.1. The number of hydrogen-bond acceptors (Lipinski definition) is 4. The number of esters is 1. The first-order valence-corrected chi connectivity index (χ1v) is 7.82. The molecule has 2 atom stereocenters. The van der Waals surface area contributed by atoms with Crippen molar-refractivity contribution in [3.63, 3.8) is 0 Å². The summed E-state index contributed by atoms with van der Waals surface area (Å²) >= 11 is 0. The molecule has 1 aliphatic rings. The summed E-state index contributed by atoms with van der Waals surface area (Å²) in [6.45, 7) is 5.17. The van der Waals surface area contributed by atoms with Crippen LogP contribution in [0, 0.1) is 0 Å². The zero-order valence-electron chi connectivity index (χ0n) is 12.8. The Morgan fingerprint density at radius 2 is 2.25 bits per heavy atom. The highest BCUT2D eigenvalue weighted by molar-refractivity contribution is 5.81. The third-order valence-corrected chi connectivity index (χ3v) is 3.29. The number of hydrogen-bond donors (Lipinski definition) is 0. The van der Waals surface area contributed by atoms with Crippen molar-refractivity contribution in [2.75, 3.05) is 13.2 Å². The van der Waals surface area contributed by atoms with E-state index in [-0.39, 0.29) is 18.4 Å². The van der Waals surface area contributed by atoms with Crippen molar-refractivity contribution in [3.05, 3.63) is 12.2 Å². The van der Waals surface area contributed by atoms with E-state index in [1.807, 2.05) is 13.0 Å². The molecule has 4 heteroatoms. The Bertz CT molecular complexity index is 282. The summed E-state index contributed by atoms with van der Waals surface area (Å²) in [6.07, 6.45) is 11.1. The van der Waals surface area contributed by atoms with Crippen molar-refractivity contribution in [1.29, 1.82) is 0 Å². The Balaban J connectivity index is 1.98. The molecule has 0 bridgehead atoms. The lowest BCUT2D eigenvalue weighted by Gasteiger charge is -2.26. The molecule has 1 fully saturated rings. The lowest BCUT2D eigenvalue weighted by Crippen LogP contribution is -2.26. The second-order valence-electron chi connectivity index (χ2n) is 5.18. The van der Waals surface area contributed by atoms with Crippen LogP contribution in [0.4, 0.5) is 0 Å². The number of carbonyl (C=O) groups is 1. The first-order valence-electron chi connectivity index (χ1n) is 7.82. The molecule has 1 rings (SSSR count). The second kappa shape index (κ2) is 10.9. The van der Waals surface area contributed by atoms with Crippen LogP contribution >= 0.6 is 0 Å². The van der Waals surface area contributed by atoms with Crippen LogP contribution in [0.1, 0.15) is 58.8 Å². The van der Waals surface area contributed by atoms with Crippen molar-refractivity contribution in [2.24, 2.45) is 0 Å². The zero-order chi connectivity index (χ0) is 14.6. The topological polar surface area (TPSA) is 44.8 Å². The Kier molecular flexibility index (Phi) is 9.33. The van der Waals surface area contributed by atoms with Gasteiger partial charge in [-0.15, -0.1) is 0 Å². The van der Waals surface area contributed by atoms with Gasteiger partial charge in [-0.1, -0.05) is 12.5 Å². The van der Waals surface area contributed by atoms with Gasteiger partial charge in [0, 0.05) is 12.7 Å². The third kappa shape index (κ3) is 8.33. The summed E-state index contributed by atoms with van der Waals surface area (Å²) in [6, 6.07) is 0. The van der Waals surface area contributed by atoms with Crippen LogP contribution in [0.5, 0.6) is 0 Å². The molecule has 0 radical (unpaired) electrons. The molecular weight excluding hydrogens is 256 g/mol. The summed E-state index contributed by atoms with van der Waals surface area (Å²) < 4.78 is 16.2. The van der Waals surface area contributed by atoms with Crippen LogP contribution in [0.25, 0.3) is 0 Å². The Morgan fingerprint density at radius 1 is 1.40 bits per heavy atom. The van der Waals surface area contributed by atoms with Gasteiger partial charge in [-0.25, -0.2) is 4.79 Å². The van der Waals surface area contributed by atoms with Gasteiger partial charge in [-0.05, 0) is 52.4 Å². The van der Waals surface area contributed by atoms with Gasteiger partial charge in [-0.3, -0.25) is 0 Å². The minimum absolute atomic E-state index is 0.00228. The van der Waals surface area contributed by atoms with E-state index in [1.165, 1.54) is 12.5 Å². The molecule has 1 unspecified atom stereocenters. The fourth-order valence-corrected chi connectivity index (χ4v) is 2.21. The average Bonchev–Trinajstić information content (AvgIpc) is 2.44. The van der Waals surface area contributed by atoms with Gasteiger partial charge in [0.05, 0.1) is 12.7 Å². The minimum atomic E-state index is -0.251. The molecule has 0 amide bonds. The largest absolute Gasteiger partial charge is 0.463 e. The van der Waals surface area contributed by atoms with Crippen LogP contribution in [0.3, 0.4) is 0 Å².